The van der Waals surface area contributed by atoms with E-state index in [2.05, 4.69) is 56.2 Å². The van der Waals surface area contributed by atoms with Crippen LogP contribution < -0.4 is 0 Å². The van der Waals surface area contributed by atoms with Gasteiger partial charge in [-0.1, -0.05) is 72.4 Å². The average molecular weight is 391 g/mol. The molecule has 0 aliphatic rings. The predicted octanol–water partition coefficient (Wildman–Crippen LogP) is 4.88. The summed E-state index contributed by atoms with van der Waals surface area (Å²) in [6.45, 7) is 1.32. The SMILES string of the molecule is COCCn1c(SC/C=C/c2ccccc2)nnc1-c1c[nH]c2ccccc12. The lowest BCUT2D eigenvalue weighted by Crippen LogP contribution is -2.07. The van der Waals surface area contributed by atoms with Crippen molar-refractivity contribution in [3.05, 3.63) is 72.4 Å². The van der Waals surface area contributed by atoms with Crippen molar-refractivity contribution in [3.63, 3.8) is 0 Å². The molecule has 4 aromatic rings. The number of para-hydroxylation sites is 1. The molecule has 5 nitrogen and oxygen atoms in total. The smallest absolute Gasteiger partial charge is 0.191 e. The zero-order valence-electron chi connectivity index (χ0n) is 15.7. The molecule has 2 aromatic heterocycles. The third-order valence-electron chi connectivity index (χ3n) is 4.48. The van der Waals surface area contributed by atoms with E-state index in [1.807, 2.05) is 36.5 Å². The Morgan fingerprint density at radius 3 is 2.75 bits per heavy atom. The molecule has 142 valence electrons. The van der Waals surface area contributed by atoms with Crippen LogP contribution in [-0.2, 0) is 11.3 Å². The maximum Gasteiger partial charge on any atom is 0.191 e. The quantitative estimate of drug-likeness (QED) is 0.436. The van der Waals surface area contributed by atoms with Crippen molar-refractivity contribution in [1.29, 1.82) is 0 Å². The zero-order valence-corrected chi connectivity index (χ0v) is 16.5. The van der Waals surface area contributed by atoms with Crippen molar-refractivity contribution in [2.24, 2.45) is 0 Å². The van der Waals surface area contributed by atoms with Crippen LogP contribution >= 0.6 is 11.8 Å². The number of nitrogens with zero attached hydrogens (tertiary/aromatic N) is 3. The van der Waals surface area contributed by atoms with Gasteiger partial charge in [0.25, 0.3) is 0 Å². The molecule has 0 bridgehead atoms. The van der Waals surface area contributed by atoms with Gasteiger partial charge in [0.15, 0.2) is 11.0 Å². The summed E-state index contributed by atoms with van der Waals surface area (Å²) in [6.07, 6.45) is 6.28. The molecule has 28 heavy (non-hydrogen) atoms. The van der Waals surface area contributed by atoms with Gasteiger partial charge in [-0.3, -0.25) is 4.57 Å². The first kappa shape index (κ1) is 18.5. The molecule has 0 radical (unpaired) electrons. The lowest BCUT2D eigenvalue weighted by Gasteiger charge is -2.08. The van der Waals surface area contributed by atoms with E-state index in [1.165, 1.54) is 5.56 Å². The largest absolute Gasteiger partial charge is 0.383 e. The van der Waals surface area contributed by atoms with Gasteiger partial charge in [0.1, 0.15) is 0 Å². The summed E-state index contributed by atoms with van der Waals surface area (Å²) in [6, 6.07) is 18.5. The van der Waals surface area contributed by atoms with Gasteiger partial charge in [0, 0.05) is 35.5 Å². The summed E-state index contributed by atoms with van der Waals surface area (Å²) in [5.74, 6) is 1.69. The van der Waals surface area contributed by atoms with Crippen LogP contribution in [0.1, 0.15) is 5.56 Å². The van der Waals surface area contributed by atoms with Crippen molar-refractivity contribution in [3.8, 4) is 11.4 Å². The summed E-state index contributed by atoms with van der Waals surface area (Å²) in [4.78, 5) is 3.32. The third kappa shape index (κ3) is 4.03. The van der Waals surface area contributed by atoms with Gasteiger partial charge in [0.2, 0.25) is 0 Å². The van der Waals surface area contributed by atoms with Crippen LogP contribution in [0.4, 0.5) is 0 Å². The Labute approximate surface area is 168 Å². The molecular formula is C22H22N4OS. The molecule has 0 aliphatic heterocycles. The predicted molar refractivity (Wildman–Crippen MR) is 115 cm³/mol. The van der Waals surface area contributed by atoms with E-state index in [9.17, 15) is 0 Å². The second kappa shape index (κ2) is 8.91. The van der Waals surface area contributed by atoms with Crippen LogP contribution in [0.2, 0.25) is 0 Å². The van der Waals surface area contributed by atoms with E-state index in [0.29, 0.717) is 13.2 Å². The summed E-state index contributed by atoms with van der Waals surface area (Å²) >= 11 is 1.68. The number of aromatic nitrogens is 4. The second-order valence-corrected chi connectivity index (χ2v) is 7.31. The van der Waals surface area contributed by atoms with E-state index in [-0.39, 0.29) is 0 Å². The van der Waals surface area contributed by atoms with Gasteiger partial charge in [-0.15, -0.1) is 10.2 Å². The minimum Gasteiger partial charge on any atom is -0.383 e. The first-order chi connectivity index (χ1) is 13.9. The highest BCUT2D eigenvalue weighted by Crippen LogP contribution is 2.30. The van der Waals surface area contributed by atoms with E-state index in [0.717, 1.165) is 33.2 Å². The molecule has 0 spiro atoms. The average Bonchev–Trinajstić information content (AvgIpc) is 3.34. The first-order valence-corrected chi connectivity index (χ1v) is 10.2. The second-order valence-electron chi connectivity index (χ2n) is 6.32. The van der Waals surface area contributed by atoms with Crippen LogP contribution in [0.5, 0.6) is 0 Å². The number of aromatic amines is 1. The maximum atomic E-state index is 5.31. The van der Waals surface area contributed by atoms with Gasteiger partial charge >= 0.3 is 0 Å². The Kier molecular flexibility index (Phi) is 5.89. The zero-order chi connectivity index (χ0) is 19.2. The number of fused-ring (bicyclic) bond motifs is 1. The molecular weight excluding hydrogens is 368 g/mol. The molecule has 0 aliphatic carbocycles. The van der Waals surface area contributed by atoms with Crippen LogP contribution in [0, 0.1) is 0 Å². The van der Waals surface area contributed by atoms with E-state index < -0.39 is 0 Å². The van der Waals surface area contributed by atoms with E-state index >= 15 is 0 Å². The number of hydrogen-bond donors (Lipinski definition) is 1. The number of thioether (sulfide) groups is 1. The number of benzene rings is 2. The lowest BCUT2D eigenvalue weighted by atomic mass is 10.1. The molecule has 0 saturated heterocycles. The van der Waals surface area contributed by atoms with Crippen molar-refractivity contribution < 1.29 is 4.74 Å². The fraction of sp³-hybridized carbons (Fsp3) is 0.182. The summed E-state index contributed by atoms with van der Waals surface area (Å²) in [5.41, 5.74) is 3.35. The highest BCUT2D eigenvalue weighted by molar-refractivity contribution is 7.99. The summed E-state index contributed by atoms with van der Waals surface area (Å²) < 4.78 is 7.45. The van der Waals surface area contributed by atoms with Crippen molar-refractivity contribution in [2.75, 3.05) is 19.5 Å². The van der Waals surface area contributed by atoms with Gasteiger partial charge in [-0.2, -0.15) is 0 Å². The number of H-pyrrole nitrogens is 1. The van der Waals surface area contributed by atoms with Crippen LogP contribution in [0.15, 0.2) is 72.0 Å². The Hall–Kier alpha value is -2.83. The molecule has 1 N–H and O–H groups in total. The minimum atomic E-state index is 0.612. The summed E-state index contributed by atoms with van der Waals surface area (Å²) in [5, 5.41) is 11.0. The van der Waals surface area contributed by atoms with Crippen LogP contribution in [0.3, 0.4) is 0 Å². The lowest BCUT2D eigenvalue weighted by molar-refractivity contribution is 0.185. The monoisotopic (exact) mass is 390 g/mol. The molecule has 0 unspecified atom stereocenters. The Morgan fingerprint density at radius 1 is 1.07 bits per heavy atom. The van der Waals surface area contributed by atoms with E-state index in [4.69, 9.17) is 4.74 Å². The number of nitrogens with one attached hydrogen (secondary N) is 1. The molecule has 6 heteroatoms. The minimum absolute atomic E-state index is 0.612. The molecule has 2 aromatic carbocycles. The topological polar surface area (TPSA) is 55.7 Å². The summed E-state index contributed by atoms with van der Waals surface area (Å²) in [7, 11) is 1.71. The van der Waals surface area contributed by atoms with Crippen molar-refractivity contribution in [2.45, 2.75) is 11.7 Å². The van der Waals surface area contributed by atoms with Gasteiger partial charge in [-0.25, -0.2) is 0 Å². The van der Waals surface area contributed by atoms with Gasteiger partial charge in [-0.05, 0) is 11.6 Å². The highest BCUT2D eigenvalue weighted by Gasteiger charge is 2.16. The Bertz CT molecular complexity index is 1070. The van der Waals surface area contributed by atoms with E-state index in [1.54, 1.807) is 18.9 Å². The fourth-order valence-electron chi connectivity index (χ4n) is 3.11. The van der Waals surface area contributed by atoms with Crippen molar-refractivity contribution >= 4 is 28.7 Å². The van der Waals surface area contributed by atoms with Crippen LogP contribution in [0.25, 0.3) is 28.4 Å². The van der Waals surface area contributed by atoms with Gasteiger partial charge < -0.3 is 9.72 Å². The fourth-order valence-corrected chi connectivity index (χ4v) is 3.88. The molecule has 4 rings (SSSR count). The molecule has 0 fully saturated rings. The third-order valence-corrected chi connectivity index (χ3v) is 5.40. The first-order valence-electron chi connectivity index (χ1n) is 9.20. The highest BCUT2D eigenvalue weighted by atomic mass is 32.2. The maximum absolute atomic E-state index is 5.31. The van der Waals surface area contributed by atoms with Crippen LogP contribution in [-0.4, -0.2) is 39.2 Å². The normalized spacial score (nSPS) is 11.6. The molecule has 0 saturated carbocycles. The Morgan fingerprint density at radius 2 is 1.89 bits per heavy atom. The standard InChI is InChI=1S/C22H22N4OS/c1-27-14-13-26-21(19-16-23-20-12-6-5-11-18(19)20)24-25-22(26)28-15-7-10-17-8-3-2-4-9-17/h2-12,16,23H,13-15H2,1H3/b10-7+. The van der Waals surface area contributed by atoms with Gasteiger partial charge in [0.05, 0.1) is 13.2 Å². The number of hydrogen-bond acceptors (Lipinski definition) is 4. The molecule has 2 heterocycles. The Balaban J connectivity index is 1.57. The number of ether oxygens (including phenoxy) is 1. The number of rotatable bonds is 8. The molecule has 0 amide bonds. The number of methoxy groups -OCH3 is 1. The van der Waals surface area contributed by atoms with Crippen molar-refractivity contribution in [1.82, 2.24) is 19.7 Å². The molecule has 0 atom stereocenters.